The summed E-state index contributed by atoms with van der Waals surface area (Å²) in [6.07, 6.45) is 7.92. The van der Waals surface area contributed by atoms with Crippen LogP contribution in [0, 0.1) is 5.41 Å². The normalized spacial score (nSPS) is 31.6. The molecule has 2 heteroatoms. The van der Waals surface area contributed by atoms with Crippen molar-refractivity contribution < 1.29 is 0 Å². The monoisotopic (exact) mass is 238 g/mol. The number of hydrogen-bond donors (Lipinski definition) is 1. The molecule has 0 aromatic heterocycles. The summed E-state index contributed by atoms with van der Waals surface area (Å²) in [5.41, 5.74) is 7.38. The van der Waals surface area contributed by atoms with Gasteiger partial charge in [0, 0.05) is 17.6 Å². The Labute approximate surface area is 107 Å². The van der Waals surface area contributed by atoms with Gasteiger partial charge >= 0.3 is 0 Å². The second-order valence-corrected chi connectivity index (χ2v) is 7.66. The number of nitrogens with zero attached hydrogens (tertiary/aromatic N) is 1. The van der Waals surface area contributed by atoms with Crippen LogP contribution in [0.4, 0.5) is 0 Å². The summed E-state index contributed by atoms with van der Waals surface area (Å²) in [4.78, 5) is 2.75. The van der Waals surface area contributed by atoms with Crippen LogP contribution in [0.25, 0.3) is 0 Å². The van der Waals surface area contributed by atoms with Gasteiger partial charge in [0.15, 0.2) is 0 Å². The van der Waals surface area contributed by atoms with Gasteiger partial charge in [-0.05, 0) is 64.3 Å². The maximum atomic E-state index is 6.19. The molecule has 0 spiro atoms. The van der Waals surface area contributed by atoms with Gasteiger partial charge in [0.1, 0.15) is 0 Å². The lowest BCUT2D eigenvalue weighted by Gasteiger charge is -2.53. The minimum atomic E-state index is 0.301. The molecule has 1 aliphatic carbocycles. The molecule has 0 bridgehead atoms. The van der Waals surface area contributed by atoms with E-state index in [0.29, 0.717) is 16.5 Å². The summed E-state index contributed by atoms with van der Waals surface area (Å²) in [6.45, 7) is 11.7. The molecule has 2 N–H and O–H groups in total. The Morgan fingerprint density at radius 3 is 1.94 bits per heavy atom. The predicted molar refractivity (Wildman–Crippen MR) is 74.1 cm³/mol. The maximum Gasteiger partial charge on any atom is 0.0337 e. The fraction of sp³-hybridized carbons (Fsp3) is 1.00. The molecule has 2 rings (SSSR count). The van der Waals surface area contributed by atoms with Gasteiger partial charge in [-0.25, -0.2) is 0 Å². The zero-order valence-corrected chi connectivity index (χ0v) is 12.2. The largest absolute Gasteiger partial charge is 0.329 e. The van der Waals surface area contributed by atoms with Gasteiger partial charge in [0.05, 0.1) is 0 Å². The summed E-state index contributed by atoms with van der Waals surface area (Å²) >= 11 is 0. The van der Waals surface area contributed by atoms with E-state index in [1.807, 2.05) is 0 Å². The molecule has 1 aliphatic heterocycles. The molecule has 2 nitrogen and oxygen atoms in total. The summed E-state index contributed by atoms with van der Waals surface area (Å²) in [5, 5.41) is 0. The van der Waals surface area contributed by atoms with Gasteiger partial charge in [0.2, 0.25) is 0 Å². The zero-order valence-electron chi connectivity index (χ0n) is 12.2. The molecule has 0 radical (unpaired) electrons. The van der Waals surface area contributed by atoms with Gasteiger partial charge < -0.3 is 5.73 Å². The first-order valence-electron chi connectivity index (χ1n) is 7.29. The fourth-order valence-electron chi connectivity index (χ4n) is 3.96. The highest BCUT2D eigenvalue weighted by atomic mass is 15.3. The van der Waals surface area contributed by atoms with Crippen LogP contribution >= 0.6 is 0 Å². The van der Waals surface area contributed by atoms with Crippen molar-refractivity contribution in [3.63, 3.8) is 0 Å². The molecule has 17 heavy (non-hydrogen) atoms. The molecule has 1 saturated carbocycles. The van der Waals surface area contributed by atoms with Crippen LogP contribution in [0.5, 0.6) is 0 Å². The first kappa shape index (κ1) is 13.4. The molecule has 0 atom stereocenters. The van der Waals surface area contributed by atoms with Crippen molar-refractivity contribution in [2.24, 2.45) is 11.1 Å². The Kier molecular flexibility index (Phi) is 3.33. The molecular formula is C15H30N2. The highest BCUT2D eigenvalue weighted by molar-refractivity contribution is 5.04. The van der Waals surface area contributed by atoms with E-state index in [1.165, 1.54) is 45.1 Å². The third-order valence-corrected chi connectivity index (χ3v) is 5.39. The molecule has 0 aromatic rings. The number of hydrogen-bond acceptors (Lipinski definition) is 2. The van der Waals surface area contributed by atoms with Crippen molar-refractivity contribution in [2.75, 3.05) is 13.1 Å². The van der Waals surface area contributed by atoms with Gasteiger partial charge in [-0.15, -0.1) is 0 Å². The minimum absolute atomic E-state index is 0.301. The summed E-state index contributed by atoms with van der Waals surface area (Å²) in [5.74, 6) is 0. The lowest BCUT2D eigenvalue weighted by molar-refractivity contribution is -0.0156. The number of rotatable bonds is 2. The van der Waals surface area contributed by atoms with E-state index in [4.69, 9.17) is 5.73 Å². The molecule has 0 aromatic carbocycles. The molecule has 2 fully saturated rings. The third kappa shape index (κ3) is 2.39. The smallest absolute Gasteiger partial charge is 0.0337 e. The second-order valence-electron chi connectivity index (χ2n) is 7.66. The molecule has 0 amide bonds. The first-order valence-corrected chi connectivity index (χ1v) is 7.29. The topological polar surface area (TPSA) is 29.3 Å². The van der Waals surface area contributed by atoms with Crippen LogP contribution in [0.15, 0.2) is 0 Å². The Morgan fingerprint density at radius 1 is 0.941 bits per heavy atom. The van der Waals surface area contributed by atoms with Crippen LogP contribution < -0.4 is 5.73 Å². The second kappa shape index (κ2) is 4.24. The molecular weight excluding hydrogens is 208 g/mol. The summed E-state index contributed by atoms with van der Waals surface area (Å²) in [7, 11) is 0. The van der Waals surface area contributed by atoms with E-state index in [0.717, 1.165) is 6.54 Å². The van der Waals surface area contributed by atoms with Crippen molar-refractivity contribution in [3.8, 4) is 0 Å². The van der Waals surface area contributed by atoms with Crippen molar-refractivity contribution in [3.05, 3.63) is 0 Å². The van der Waals surface area contributed by atoms with Crippen LogP contribution in [0.1, 0.15) is 66.2 Å². The van der Waals surface area contributed by atoms with Crippen LogP contribution in [-0.2, 0) is 0 Å². The highest BCUT2D eigenvalue weighted by Gasteiger charge is 2.48. The molecule has 0 unspecified atom stereocenters. The van der Waals surface area contributed by atoms with E-state index in [-0.39, 0.29) is 0 Å². The third-order valence-electron chi connectivity index (χ3n) is 5.39. The van der Waals surface area contributed by atoms with Gasteiger partial charge in [-0.1, -0.05) is 13.8 Å². The highest BCUT2D eigenvalue weighted by Crippen LogP contribution is 2.47. The lowest BCUT2D eigenvalue weighted by atomic mass is 9.68. The molecule has 2 aliphatic rings. The molecule has 1 heterocycles. The Morgan fingerprint density at radius 2 is 1.53 bits per heavy atom. The van der Waals surface area contributed by atoms with Gasteiger partial charge in [0.25, 0.3) is 0 Å². The first-order chi connectivity index (χ1) is 7.81. The standard InChI is InChI=1S/C15H30N2/c1-13(2)7-9-15(12-16,10-8-13)17-11-5-6-14(17,3)4/h5-12,16H2,1-4H3. The minimum Gasteiger partial charge on any atom is -0.329 e. The SMILES string of the molecule is CC1(C)CCC(CN)(N2CCCC2(C)C)CC1. The Hall–Kier alpha value is -0.0800. The maximum absolute atomic E-state index is 6.19. The number of likely N-dealkylation sites (tertiary alicyclic amines) is 1. The Balaban J connectivity index is 2.16. The quantitative estimate of drug-likeness (QED) is 0.800. The van der Waals surface area contributed by atoms with Crippen molar-refractivity contribution >= 4 is 0 Å². The zero-order chi connectivity index (χ0) is 12.7. The number of nitrogens with two attached hydrogens (primary N) is 1. The Bertz CT molecular complexity index is 271. The van der Waals surface area contributed by atoms with Crippen molar-refractivity contribution in [1.82, 2.24) is 4.90 Å². The molecule has 100 valence electrons. The average molecular weight is 238 g/mol. The van der Waals surface area contributed by atoms with Crippen LogP contribution in [0.2, 0.25) is 0 Å². The van der Waals surface area contributed by atoms with Crippen molar-refractivity contribution in [2.45, 2.75) is 77.3 Å². The van der Waals surface area contributed by atoms with Gasteiger partial charge in [-0.2, -0.15) is 0 Å². The van der Waals surface area contributed by atoms with E-state index in [2.05, 4.69) is 32.6 Å². The predicted octanol–water partition coefficient (Wildman–Crippen LogP) is 3.16. The van der Waals surface area contributed by atoms with E-state index in [9.17, 15) is 0 Å². The fourth-order valence-corrected chi connectivity index (χ4v) is 3.96. The van der Waals surface area contributed by atoms with E-state index >= 15 is 0 Å². The van der Waals surface area contributed by atoms with E-state index in [1.54, 1.807) is 0 Å². The van der Waals surface area contributed by atoms with Crippen molar-refractivity contribution in [1.29, 1.82) is 0 Å². The van der Waals surface area contributed by atoms with Crippen LogP contribution in [0.3, 0.4) is 0 Å². The summed E-state index contributed by atoms with van der Waals surface area (Å²) < 4.78 is 0. The summed E-state index contributed by atoms with van der Waals surface area (Å²) in [6, 6.07) is 0. The molecule has 1 saturated heterocycles. The lowest BCUT2D eigenvalue weighted by Crippen LogP contribution is -2.61. The van der Waals surface area contributed by atoms with E-state index < -0.39 is 0 Å². The average Bonchev–Trinajstić information content (AvgIpc) is 2.60. The van der Waals surface area contributed by atoms with Crippen LogP contribution in [-0.4, -0.2) is 29.1 Å². The van der Waals surface area contributed by atoms with Gasteiger partial charge in [-0.3, -0.25) is 4.90 Å².